The Kier molecular flexibility index (Phi) is 5.78. The lowest BCUT2D eigenvalue weighted by molar-refractivity contribution is -0.143. The molecule has 82 valence electrons. The smallest absolute Gasteiger partial charge is 0.320 e. The number of carboxylic acids is 2. The van der Waals surface area contributed by atoms with E-state index >= 15 is 0 Å². The van der Waals surface area contributed by atoms with Crippen molar-refractivity contribution in [1.82, 2.24) is 0 Å². The fraction of sp³-hybridized carbons (Fsp3) is 0.750. The number of halogens is 1. The van der Waals surface area contributed by atoms with Crippen molar-refractivity contribution in [2.75, 3.05) is 6.67 Å². The summed E-state index contributed by atoms with van der Waals surface area (Å²) < 4.78 is 11.8. The fourth-order valence-corrected chi connectivity index (χ4v) is 1.07. The average Bonchev–Trinajstić information content (AvgIpc) is 2.10. The van der Waals surface area contributed by atoms with Crippen molar-refractivity contribution >= 4 is 11.9 Å². The number of aliphatic carboxylic acids is 2. The van der Waals surface area contributed by atoms with E-state index < -0.39 is 30.6 Å². The zero-order chi connectivity index (χ0) is 11.1. The van der Waals surface area contributed by atoms with Crippen molar-refractivity contribution < 1.29 is 24.2 Å². The molecule has 0 aromatic carbocycles. The summed E-state index contributed by atoms with van der Waals surface area (Å²) in [4.78, 5) is 20.9. The number of alkyl halides is 1. The number of hydrogen-bond donors (Lipinski definition) is 3. The van der Waals surface area contributed by atoms with Gasteiger partial charge in [-0.2, -0.15) is 0 Å². The largest absolute Gasteiger partial charge is 0.481 e. The molecule has 0 fully saturated rings. The molecule has 0 saturated carbocycles. The van der Waals surface area contributed by atoms with Gasteiger partial charge in [0.2, 0.25) is 0 Å². The maximum atomic E-state index is 11.8. The predicted molar refractivity (Wildman–Crippen MR) is 46.6 cm³/mol. The molecule has 14 heavy (non-hydrogen) atoms. The van der Waals surface area contributed by atoms with E-state index in [1.165, 1.54) is 0 Å². The topological polar surface area (TPSA) is 101 Å². The zero-order valence-electron chi connectivity index (χ0n) is 7.65. The second kappa shape index (κ2) is 6.31. The Morgan fingerprint density at radius 2 is 1.86 bits per heavy atom. The van der Waals surface area contributed by atoms with Crippen LogP contribution >= 0.6 is 0 Å². The van der Waals surface area contributed by atoms with Crippen LogP contribution in [-0.2, 0) is 9.59 Å². The van der Waals surface area contributed by atoms with E-state index in [0.29, 0.717) is 0 Å². The van der Waals surface area contributed by atoms with Crippen LogP contribution in [0.5, 0.6) is 0 Å². The molecule has 0 amide bonds. The quantitative estimate of drug-likeness (QED) is 0.555. The molecule has 0 rings (SSSR count). The maximum Gasteiger partial charge on any atom is 0.320 e. The van der Waals surface area contributed by atoms with Crippen molar-refractivity contribution in [3.63, 3.8) is 0 Å². The lowest BCUT2D eigenvalue weighted by Crippen LogP contribution is -2.34. The first-order valence-electron chi connectivity index (χ1n) is 4.26. The molecule has 0 radical (unpaired) electrons. The molecule has 0 bridgehead atoms. The first-order valence-corrected chi connectivity index (χ1v) is 4.26. The summed E-state index contributed by atoms with van der Waals surface area (Å²) in [5, 5.41) is 17.1. The molecule has 0 aliphatic rings. The lowest BCUT2D eigenvalue weighted by Gasteiger charge is -2.13. The summed E-state index contributed by atoms with van der Waals surface area (Å²) >= 11 is 0. The highest BCUT2D eigenvalue weighted by Crippen LogP contribution is 2.13. The van der Waals surface area contributed by atoms with Crippen LogP contribution < -0.4 is 5.73 Å². The monoisotopic (exact) mass is 207 g/mol. The minimum Gasteiger partial charge on any atom is -0.481 e. The van der Waals surface area contributed by atoms with Gasteiger partial charge in [0.1, 0.15) is 6.04 Å². The predicted octanol–water partition coefficient (Wildman–Crippen LogP) is 0.239. The Bertz CT molecular complexity index is 210. The summed E-state index contributed by atoms with van der Waals surface area (Å²) in [7, 11) is 0. The van der Waals surface area contributed by atoms with Gasteiger partial charge in [0, 0.05) is 0 Å². The highest BCUT2D eigenvalue weighted by molar-refractivity contribution is 5.75. The van der Waals surface area contributed by atoms with Crippen LogP contribution in [-0.4, -0.2) is 34.9 Å². The molecule has 0 heterocycles. The molecule has 2 atom stereocenters. The molecule has 6 heteroatoms. The van der Waals surface area contributed by atoms with E-state index in [-0.39, 0.29) is 19.3 Å². The first kappa shape index (κ1) is 12.8. The molecule has 0 aliphatic carbocycles. The van der Waals surface area contributed by atoms with Gasteiger partial charge in [0.25, 0.3) is 0 Å². The van der Waals surface area contributed by atoms with E-state index in [9.17, 15) is 14.0 Å². The molecule has 5 nitrogen and oxygen atoms in total. The van der Waals surface area contributed by atoms with Crippen LogP contribution in [0.15, 0.2) is 0 Å². The van der Waals surface area contributed by atoms with Crippen molar-refractivity contribution in [1.29, 1.82) is 0 Å². The summed E-state index contributed by atoms with van der Waals surface area (Å²) in [5.74, 6) is -3.25. The van der Waals surface area contributed by atoms with Gasteiger partial charge in [-0.05, 0) is 19.3 Å². The average molecular weight is 207 g/mol. The molecule has 0 spiro atoms. The SMILES string of the molecule is NC(C[C@H](CCCF)C(=O)O)C(=O)O. The number of carbonyl (C=O) groups is 2. The van der Waals surface area contributed by atoms with Crippen LogP contribution in [0.2, 0.25) is 0 Å². The molecule has 0 aliphatic heterocycles. The first-order chi connectivity index (χ1) is 6.49. The molecule has 4 N–H and O–H groups in total. The summed E-state index contributed by atoms with van der Waals surface area (Å²) in [6, 6.07) is -1.20. The lowest BCUT2D eigenvalue weighted by atomic mass is 9.96. The third-order valence-corrected chi connectivity index (χ3v) is 1.89. The maximum absolute atomic E-state index is 11.8. The number of nitrogens with two attached hydrogens (primary N) is 1. The van der Waals surface area contributed by atoms with Gasteiger partial charge in [0.05, 0.1) is 12.6 Å². The van der Waals surface area contributed by atoms with Gasteiger partial charge >= 0.3 is 11.9 Å². The molecular weight excluding hydrogens is 193 g/mol. The third-order valence-electron chi connectivity index (χ3n) is 1.89. The molecule has 0 aromatic heterocycles. The summed E-state index contributed by atoms with van der Waals surface area (Å²) in [6.07, 6.45) is 0.0702. The molecular formula is C8H14FNO4. The van der Waals surface area contributed by atoms with Crippen LogP contribution in [0, 0.1) is 5.92 Å². The van der Waals surface area contributed by atoms with Crippen molar-refractivity contribution in [2.24, 2.45) is 11.7 Å². The number of carboxylic acid groups (broad SMARTS) is 2. The standard InChI is InChI=1S/C8H14FNO4/c9-3-1-2-5(7(11)12)4-6(10)8(13)14/h5-6H,1-4,10H2,(H,11,12)(H,13,14)/t5-,6?/m0/s1. The van der Waals surface area contributed by atoms with Crippen molar-refractivity contribution in [3.05, 3.63) is 0 Å². The van der Waals surface area contributed by atoms with Crippen LogP contribution in [0.4, 0.5) is 4.39 Å². The van der Waals surface area contributed by atoms with Gasteiger partial charge < -0.3 is 15.9 Å². The van der Waals surface area contributed by atoms with Gasteiger partial charge in [-0.1, -0.05) is 0 Å². The number of hydrogen-bond acceptors (Lipinski definition) is 3. The summed E-state index contributed by atoms with van der Waals surface area (Å²) in [5.41, 5.74) is 5.17. The zero-order valence-corrected chi connectivity index (χ0v) is 7.65. The van der Waals surface area contributed by atoms with Gasteiger partial charge in [-0.15, -0.1) is 0 Å². The van der Waals surface area contributed by atoms with Crippen LogP contribution in [0.3, 0.4) is 0 Å². The fourth-order valence-electron chi connectivity index (χ4n) is 1.07. The van der Waals surface area contributed by atoms with Crippen molar-refractivity contribution in [3.8, 4) is 0 Å². The second-order valence-electron chi connectivity index (χ2n) is 3.05. The Morgan fingerprint density at radius 1 is 1.29 bits per heavy atom. The molecule has 0 aromatic rings. The Balaban J connectivity index is 4.08. The van der Waals surface area contributed by atoms with Gasteiger partial charge in [0.15, 0.2) is 0 Å². The van der Waals surface area contributed by atoms with E-state index in [1.54, 1.807) is 0 Å². The molecule has 0 saturated heterocycles. The van der Waals surface area contributed by atoms with E-state index in [0.717, 1.165) is 0 Å². The Morgan fingerprint density at radius 3 is 2.21 bits per heavy atom. The van der Waals surface area contributed by atoms with E-state index in [4.69, 9.17) is 15.9 Å². The molecule has 1 unspecified atom stereocenters. The Hall–Kier alpha value is -1.17. The highest BCUT2D eigenvalue weighted by atomic mass is 19.1. The summed E-state index contributed by atoms with van der Waals surface area (Å²) in [6.45, 7) is -0.605. The normalized spacial score (nSPS) is 14.7. The third kappa shape index (κ3) is 4.76. The Labute approximate surface area is 80.7 Å². The highest BCUT2D eigenvalue weighted by Gasteiger charge is 2.23. The van der Waals surface area contributed by atoms with Gasteiger partial charge in [-0.3, -0.25) is 14.0 Å². The van der Waals surface area contributed by atoms with Crippen molar-refractivity contribution in [2.45, 2.75) is 25.3 Å². The number of rotatable bonds is 7. The van der Waals surface area contributed by atoms with E-state index in [2.05, 4.69) is 0 Å². The minimum atomic E-state index is -1.24. The second-order valence-corrected chi connectivity index (χ2v) is 3.05. The van der Waals surface area contributed by atoms with Gasteiger partial charge in [-0.25, -0.2) is 0 Å². The van der Waals surface area contributed by atoms with Crippen LogP contribution in [0.1, 0.15) is 19.3 Å². The minimum absolute atomic E-state index is 0.114. The van der Waals surface area contributed by atoms with Crippen LogP contribution in [0.25, 0.3) is 0 Å². The van der Waals surface area contributed by atoms with E-state index in [1.807, 2.05) is 0 Å².